The number of carbonyl (C=O) groups is 1. The lowest BCUT2D eigenvalue weighted by atomic mass is 10.0. The van der Waals surface area contributed by atoms with Gasteiger partial charge in [-0.1, -0.05) is 31.9 Å². The molecule has 0 saturated heterocycles. The van der Waals surface area contributed by atoms with E-state index in [-0.39, 0.29) is 5.78 Å². The molecular formula is C18H22N2O2. The second-order valence-corrected chi connectivity index (χ2v) is 5.09. The summed E-state index contributed by atoms with van der Waals surface area (Å²) in [6, 6.07) is 10.8. The van der Waals surface area contributed by atoms with Gasteiger partial charge in [0.2, 0.25) is 0 Å². The molecule has 4 nitrogen and oxygen atoms in total. The van der Waals surface area contributed by atoms with Crippen LogP contribution in [0.25, 0.3) is 0 Å². The van der Waals surface area contributed by atoms with Gasteiger partial charge in [0.25, 0.3) is 0 Å². The highest BCUT2D eigenvalue weighted by atomic mass is 16.5. The summed E-state index contributed by atoms with van der Waals surface area (Å²) in [5.41, 5.74) is 1.19. The molecule has 0 aliphatic carbocycles. The van der Waals surface area contributed by atoms with Crippen molar-refractivity contribution in [3.8, 4) is 5.75 Å². The first kappa shape index (κ1) is 16.0. The van der Waals surface area contributed by atoms with Crippen molar-refractivity contribution in [3.05, 3.63) is 53.7 Å². The minimum absolute atomic E-state index is 0.0509. The summed E-state index contributed by atoms with van der Waals surface area (Å²) in [6.45, 7) is 2.99. The van der Waals surface area contributed by atoms with Crippen molar-refractivity contribution in [2.75, 3.05) is 19.0 Å². The first-order chi connectivity index (χ1) is 10.8. The lowest BCUT2D eigenvalue weighted by Gasteiger charge is -2.10. The molecule has 0 saturated carbocycles. The van der Waals surface area contributed by atoms with E-state index in [2.05, 4.69) is 17.2 Å². The Morgan fingerprint density at radius 1 is 1.23 bits per heavy atom. The van der Waals surface area contributed by atoms with E-state index in [4.69, 9.17) is 4.74 Å². The van der Waals surface area contributed by atoms with Crippen LogP contribution in [0.3, 0.4) is 0 Å². The monoisotopic (exact) mass is 298 g/mol. The Balaban J connectivity index is 2.18. The van der Waals surface area contributed by atoms with E-state index < -0.39 is 0 Å². The van der Waals surface area contributed by atoms with Gasteiger partial charge in [0.05, 0.1) is 12.7 Å². The summed E-state index contributed by atoms with van der Waals surface area (Å²) >= 11 is 0. The number of carbonyl (C=O) groups excluding carboxylic acids is 1. The highest BCUT2D eigenvalue weighted by molar-refractivity contribution is 6.12. The summed E-state index contributed by atoms with van der Waals surface area (Å²) in [4.78, 5) is 17.0. The van der Waals surface area contributed by atoms with Crippen LogP contribution in [-0.4, -0.2) is 24.4 Å². The van der Waals surface area contributed by atoms with E-state index in [1.54, 1.807) is 37.6 Å². The average Bonchev–Trinajstić information content (AvgIpc) is 2.58. The third-order valence-electron chi connectivity index (χ3n) is 3.46. The Morgan fingerprint density at radius 2 is 2.09 bits per heavy atom. The molecule has 0 atom stereocenters. The molecule has 1 heterocycles. The topological polar surface area (TPSA) is 51.2 Å². The number of nitrogens with zero attached hydrogens (tertiary/aromatic N) is 1. The maximum absolute atomic E-state index is 12.7. The third-order valence-corrected chi connectivity index (χ3v) is 3.46. The normalized spacial score (nSPS) is 10.3. The predicted molar refractivity (Wildman–Crippen MR) is 88.7 cm³/mol. The minimum Gasteiger partial charge on any atom is -0.497 e. The zero-order chi connectivity index (χ0) is 15.8. The Hall–Kier alpha value is -2.36. The molecule has 22 heavy (non-hydrogen) atoms. The summed E-state index contributed by atoms with van der Waals surface area (Å²) < 4.78 is 5.18. The van der Waals surface area contributed by atoms with Gasteiger partial charge in [-0.05, 0) is 30.7 Å². The Kier molecular flexibility index (Phi) is 5.95. The molecule has 1 aromatic heterocycles. The SMILES string of the molecule is CCCCCNc1ncccc1C(=O)c1cccc(OC)c1. The van der Waals surface area contributed by atoms with E-state index in [9.17, 15) is 4.79 Å². The fraction of sp³-hybridized carbons (Fsp3) is 0.333. The molecule has 0 bridgehead atoms. The van der Waals surface area contributed by atoms with Gasteiger partial charge in [-0.2, -0.15) is 0 Å². The second kappa shape index (κ2) is 8.17. The number of hydrogen-bond acceptors (Lipinski definition) is 4. The van der Waals surface area contributed by atoms with Crippen LogP contribution >= 0.6 is 0 Å². The van der Waals surface area contributed by atoms with E-state index in [0.29, 0.717) is 22.7 Å². The number of rotatable bonds is 8. The highest BCUT2D eigenvalue weighted by Crippen LogP contribution is 2.20. The number of methoxy groups -OCH3 is 1. The van der Waals surface area contributed by atoms with Crippen LogP contribution in [0, 0.1) is 0 Å². The van der Waals surface area contributed by atoms with E-state index in [1.165, 1.54) is 12.8 Å². The van der Waals surface area contributed by atoms with Gasteiger partial charge in [0.1, 0.15) is 11.6 Å². The van der Waals surface area contributed by atoms with Crippen molar-refractivity contribution >= 4 is 11.6 Å². The number of anilines is 1. The maximum atomic E-state index is 12.7. The molecule has 0 aliphatic rings. The largest absolute Gasteiger partial charge is 0.497 e. The molecule has 2 rings (SSSR count). The Morgan fingerprint density at radius 3 is 2.86 bits per heavy atom. The molecule has 116 valence electrons. The second-order valence-electron chi connectivity index (χ2n) is 5.09. The Bertz CT molecular complexity index is 626. The van der Waals surface area contributed by atoms with Crippen LogP contribution < -0.4 is 10.1 Å². The summed E-state index contributed by atoms with van der Waals surface area (Å²) in [7, 11) is 1.59. The molecule has 1 aromatic carbocycles. The number of ether oxygens (including phenoxy) is 1. The molecular weight excluding hydrogens is 276 g/mol. The van der Waals surface area contributed by atoms with E-state index >= 15 is 0 Å². The van der Waals surface area contributed by atoms with Crippen LogP contribution in [-0.2, 0) is 0 Å². The van der Waals surface area contributed by atoms with Gasteiger partial charge in [0.15, 0.2) is 5.78 Å². The number of unbranched alkanes of at least 4 members (excludes halogenated alkanes) is 2. The zero-order valence-electron chi connectivity index (χ0n) is 13.1. The summed E-state index contributed by atoms with van der Waals surface area (Å²) in [5.74, 6) is 1.27. The Labute approximate surface area is 131 Å². The lowest BCUT2D eigenvalue weighted by Crippen LogP contribution is -2.10. The summed E-state index contributed by atoms with van der Waals surface area (Å²) in [6.07, 6.45) is 5.10. The molecule has 1 N–H and O–H groups in total. The van der Waals surface area contributed by atoms with Crippen molar-refractivity contribution in [2.24, 2.45) is 0 Å². The molecule has 0 amide bonds. The number of hydrogen-bond donors (Lipinski definition) is 1. The van der Waals surface area contributed by atoms with Crippen LogP contribution in [0.15, 0.2) is 42.6 Å². The molecule has 0 unspecified atom stereocenters. The van der Waals surface area contributed by atoms with Gasteiger partial charge in [-0.15, -0.1) is 0 Å². The first-order valence-corrected chi connectivity index (χ1v) is 7.64. The van der Waals surface area contributed by atoms with E-state index in [0.717, 1.165) is 13.0 Å². The molecule has 2 aromatic rings. The number of benzene rings is 1. The highest BCUT2D eigenvalue weighted by Gasteiger charge is 2.14. The van der Waals surface area contributed by atoms with Gasteiger partial charge in [-0.3, -0.25) is 4.79 Å². The maximum Gasteiger partial charge on any atom is 0.196 e. The molecule has 0 radical (unpaired) electrons. The number of nitrogens with one attached hydrogen (secondary N) is 1. The van der Waals surface area contributed by atoms with Gasteiger partial charge < -0.3 is 10.1 Å². The zero-order valence-corrected chi connectivity index (χ0v) is 13.1. The van der Waals surface area contributed by atoms with Crippen LogP contribution in [0.4, 0.5) is 5.82 Å². The van der Waals surface area contributed by atoms with Gasteiger partial charge in [0, 0.05) is 18.3 Å². The van der Waals surface area contributed by atoms with Crippen molar-refractivity contribution in [2.45, 2.75) is 26.2 Å². The van der Waals surface area contributed by atoms with E-state index in [1.807, 2.05) is 12.1 Å². The fourth-order valence-corrected chi connectivity index (χ4v) is 2.23. The summed E-state index contributed by atoms with van der Waals surface area (Å²) in [5, 5.41) is 3.26. The van der Waals surface area contributed by atoms with Crippen molar-refractivity contribution in [1.29, 1.82) is 0 Å². The number of aromatic nitrogens is 1. The van der Waals surface area contributed by atoms with Gasteiger partial charge >= 0.3 is 0 Å². The third kappa shape index (κ3) is 4.07. The van der Waals surface area contributed by atoms with Gasteiger partial charge in [-0.25, -0.2) is 4.98 Å². The fourth-order valence-electron chi connectivity index (χ4n) is 2.23. The standard InChI is InChI=1S/C18H22N2O2/c1-3-4-5-11-19-18-16(10-7-12-20-18)17(21)14-8-6-9-15(13-14)22-2/h6-10,12-13H,3-5,11H2,1-2H3,(H,19,20). The number of pyridine rings is 1. The molecule has 0 fully saturated rings. The number of ketones is 1. The first-order valence-electron chi connectivity index (χ1n) is 7.64. The van der Waals surface area contributed by atoms with Crippen molar-refractivity contribution in [1.82, 2.24) is 4.98 Å². The molecule has 0 spiro atoms. The average molecular weight is 298 g/mol. The molecule has 0 aliphatic heterocycles. The molecule has 4 heteroatoms. The lowest BCUT2D eigenvalue weighted by molar-refractivity contribution is 0.103. The predicted octanol–water partition coefficient (Wildman–Crippen LogP) is 3.92. The van der Waals surface area contributed by atoms with Crippen molar-refractivity contribution < 1.29 is 9.53 Å². The van der Waals surface area contributed by atoms with Crippen LogP contribution in [0.1, 0.15) is 42.1 Å². The minimum atomic E-state index is -0.0509. The van der Waals surface area contributed by atoms with Crippen molar-refractivity contribution in [3.63, 3.8) is 0 Å². The van der Waals surface area contributed by atoms with Crippen LogP contribution in [0.5, 0.6) is 5.75 Å². The van der Waals surface area contributed by atoms with Crippen LogP contribution in [0.2, 0.25) is 0 Å². The smallest absolute Gasteiger partial charge is 0.196 e. The quantitative estimate of drug-likeness (QED) is 0.593.